The maximum absolute atomic E-state index is 3.97. The van der Waals surface area contributed by atoms with Crippen LogP contribution in [0.3, 0.4) is 0 Å². The van der Waals surface area contributed by atoms with Crippen LogP contribution in [-0.4, -0.2) is 21.5 Å². The Morgan fingerprint density at radius 3 is 2.88 bits per heavy atom. The minimum Gasteiger partial charge on any atom is -0.305 e. The standard InChI is InChI=1S/C10H13BrN4S/c1-3-12-10(7-6-13-14-15(7)2)8-4-5-9(11)16-8/h4-6,10,12H,3H2,1-2H3. The van der Waals surface area contributed by atoms with Gasteiger partial charge in [0.15, 0.2) is 0 Å². The largest absolute Gasteiger partial charge is 0.305 e. The SMILES string of the molecule is CCNC(c1ccc(Br)s1)c1cnnn1C. The summed E-state index contributed by atoms with van der Waals surface area (Å²) in [5, 5.41) is 11.3. The smallest absolute Gasteiger partial charge is 0.0858 e. The number of hydrogen-bond acceptors (Lipinski definition) is 4. The van der Waals surface area contributed by atoms with Crippen LogP contribution in [0.5, 0.6) is 0 Å². The van der Waals surface area contributed by atoms with Gasteiger partial charge in [-0.1, -0.05) is 12.1 Å². The lowest BCUT2D eigenvalue weighted by Crippen LogP contribution is -2.23. The zero-order valence-electron chi connectivity index (χ0n) is 9.14. The van der Waals surface area contributed by atoms with E-state index in [0.717, 1.165) is 16.0 Å². The lowest BCUT2D eigenvalue weighted by molar-refractivity contribution is 0.574. The van der Waals surface area contributed by atoms with Crippen molar-refractivity contribution in [3.05, 3.63) is 32.7 Å². The van der Waals surface area contributed by atoms with E-state index >= 15 is 0 Å². The molecule has 0 spiro atoms. The summed E-state index contributed by atoms with van der Waals surface area (Å²) in [6.45, 7) is 3.00. The average Bonchev–Trinajstić information content (AvgIpc) is 2.84. The zero-order chi connectivity index (χ0) is 11.5. The van der Waals surface area contributed by atoms with Gasteiger partial charge in [-0.05, 0) is 34.6 Å². The molecule has 6 heteroatoms. The van der Waals surface area contributed by atoms with Crippen molar-refractivity contribution in [3.63, 3.8) is 0 Å². The molecule has 0 aliphatic rings. The molecule has 2 rings (SSSR count). The average molecular weight is 301 g/mol. The summed E-state index contributed by atoms with van der Waals surface area (Å²) >= 11 is 5.21. The van der Waals surface area contributed by atoms with Gasteiger partial charge in [0, 0.05) is 11.9 Å². The lowest BCUT2D eigenvalue weighted by Gasteiger charge is -2.15. The molecule has 0 fully saturated rings. The van der Waals surface area contributed by atoms with Gasteiger partial charge in [-0.15, -0.1) is 16.4 Å². The van der Waals surface area contributed by atoms with Gasteiger partial charge in [0.2, 0.25) is 0 Å². The normalized spacial score (nSPS) is 12.9. The molecule has 4 nitrogen and oxygen atoms in total. The first-order valence-corrected chi connectivity index (χ1v) is 6.66. The van der Waals surface area contributed by atoms with E-state index in [1.807, 2.05) is 7.05 Å². The van der Waals surface area contributed by atoms with Crippen LogP contribution >= 0.6 is 27.3 Å². The first kappa shape index (κ1) is 11.8. The summed E-state index contributed by atoms with van der Waals surface area (Å²) in [7, 11) is 1.91. The fourth-order valence-electron chi connectivity index (χ4n) is 1.60. The summed E-state index contributed by atoms with van der Waals surface area (Å²) < 4.78 is 2.95. The van der Waals surface area contributed by atoms with E-state index in [9.17, 15) is 0 Å². The number of nitrogens with zero attached hydrogens (tertiary/aromatic N) is 3. The number of halogens is 1. The van der Waals surface area contributed by atoms with E-state index in [1.54, 1.807) is 22.2 Å². The summed E-state index contributed by atoms with van der Waals surface area (Å²) in [6.07, 6.45) is 1.81. The predicted octanol–water partition coefficient (Wildman–Crippen LogP) is 2.34. The fraction of sp³-hybridized carbons (Fsp3) is 0.400. The van der Waals surface area contributed by atoms with Gasteiger partial charge in [0.1, 0.15) is 0 Å². The quantitative estimate of drug-likeness (QED) is 0.942. The molecule has 86 valence electrons. The van der Waals surface area contributed by atoms with Gasteiger partial charge in [-0.3, -0.25) is 4.68 Å². The fourth-order valence-corrected chi connectivity index (χ4v) is 3.11. The molecular formula is C10H13BrN4S. The van der Waals surface area contributed by atoms with Crippen LogP contribution in [0.15, 0.2) is 22.1 Å². The third kappa shape index (κ3) is 2.34. The number of thiophene rings is 1. The maximum Gasteiger partial charge on any atom is 0.0858 e. The van der Waals surface area contributed by atoms with Crippen LogP contribution in [0, 0.1) is 0 Å². The highest BCUT2D eigenvalue weighted by Crippen LogP contribution is 2.30. The molecule has 0 aromatic carbocycles. The van der Waals surface area contributed by atoms with Gasteiger partial charge < -0.3 is 5.32 Å². The highest BCUT2D eigenvalue weighted by atomic mass is 79.9. The molecule has 16 heavy (non-hydrogen) atoms. The molecule has 0 bridgehead atoms. The van der Waals surface area contributed by atoms with Crippen LogP contribution in [0.25, 0.3) is 0 Å². The highest BCUT2D eigenvalue weighted by molar-refractivity contribution is 9.11. The molecule has 1 unspecified atom stereocenters. The molecule has 0 aliphatic carbocycles. The highest BCUT2D eigenvalue weighted by Gasteiger charge is 2.18. The van der Waals surface area contributed by atoms with Crippen LogP contribution < -0.4 is 5.32 Å². The van der Waals surface area contributed by atoms with Crippen LogP contribution in [0.2, 0.25) is 0 Å². The van der Waals surface area contributed by atoms with E-state index < -0.39 is 0 Å². The topological polar surface area (TPSA) is 42.7 Å². The minimum atomic E-state index is 0.168. The van der Waals surface area contributed by atoms with Crippen LogP contribution in [0.1, 0.15) is 23.5 Å². The first-order valence-electron chi connectivity index (χ1n) is 5.05. The van der Waals surface area contributed by atoms with Crippen molar-refractivity contribution in [1.29, 1.82) is 0 Å². The summed E-state index contributed by atoms with van der Waals surface area (Å²) in [4.78, 5) is 1.26. The van der Waals surface area contributed by atoms with Crippen molar-refractivity contribution in [2.24, 2.45) is 7.05 Å². The maximum atomic E-state index is 3.97. The molecule has 2 heterocycles. The second-order valence-corrected chi connectivity index (χ2v) is 5.91. The molecular weight excluding hydrogens is 288 g/mol. The predicted molar refractivity (Wildman–Crippen MR) is 68.5 cm³/mol. The number of rotatable bonds is 4. The molecule has 0 radical (unpaired) electrons. The van der Waals surface area contributed by atoms with Gasteiger partial charge in [0.05, 0.1) is 21.7 Å². The van der Waals surface area contributed by atoms with Crippen molar-refractivity contribution >= 4 is 27.3 Å². The lowest BCUT2D eigenvalue weighted by atomic mass is 10.2. The zero-order valence-corrected chi connectivity index (χ0v) is 11.5. The third-order valence-electron chi connectivity index (χ3n) is 2.33. The van der Waals surface area contributed by atoms with Crippen LogP contribution in [-0.2, 0) is 7.05 Å². The molecule has 2 aromatic heterocycles. The van der Waals surface area contributed by atoms with Crippen molar-refractivity contribution in [2.75, 3.05) is 6.54 Å². The molecule has 1 atom stereocenters. The summed E-state index contributed by atoms with van der Waals surface area (Å²) in [5.41, 5.74) is 1.08. The van der Waals surface area contributed by atoms with E-state index in [4.69, 9.17) is 0 Å². The number of aromatic nitrogens is 3. The Balaban J connectivity index is 2.34. The van der Waals surface area contributed by atoms with E-state index in [1.165, 1.54) is 4.88 Å². The Labute approximate surface area is 107 Å². The van der Waals surface area contributed by atoms with Gasteiger partial charge in [-0.2, -0.15) is 0 Å². The Hall–Kier alpha value is -0.720. The summed E-state index contributed by atoms with van der Waals surface area (Å²) in [5.74, 6) is 0. The monoisotopic (exact) mass is 300 g/mol. The van der Waals surface area contributed by atoms with E-state index in [-0.39, 0.29) is 6.04 Å². The van der Waals surface area contributed by atoms with E-state index in [2.05, 4.69) is 50.6 Å². The number of nitrogens with one attached hydrogen (secondary N) is 1. The van der Waals surface area contributed by atoms with Gasteiger partial charge in [0.25, 0.3) is 0 Å². The Morgan fingerprint density at radius 1 is 1.56 bits per heavy atom. The molecule has 0 saturated carbocycles. The second kappa shape index (κ2) is 5.07. The number of hydrogen-bond donors (Lipinski definition) is 1. The Bertz CT molecular complexity index is 465. The van der Waals surface area contributed by atoms with Crippen molar-refractivity contribution in [1.82, 2.24) is 20.3 Å². The minimum absolute atomic E-state index is 0.168. The molecule has 0 amide bonds. The summed E-state index contributed by atoms with van der Waals surface area (Å²) in [6, 6.07) is 4.35. The van der Waals surface area contributed by atoms with Gasteiger partial charge in [-0.25, -0.2) is 0 Å². The first-order chi connectivity index (χ1) is 7.72. The van der Waals surface area contributed by atoms with Crippen molar-refractivity contribution in [2.45, 2.75) is 13.0 Å². The third-order valence-corrected chi connectivity index (χ3v) is 4.02. The molecule has 0 saturated heterocycles. The van der Waals surface area contributed by atoms with E-state index in [0.29, 0.717) is 0 Å². The van der Waals surface area contributed by atoms with Crippen molar-refractivity contribution in [3.8, 4) is 0 Å². The van der Waals surface area contributed by atoms with Crippen LogP contribution in [0.4, 0.5) is 0 Å². The molecule has 1 N–H and O–H groups in total. The molecule has 0 aliphatic heterocycles. The molecule has 2 aromatic rings. The Kier molecular flexibility index (Phi) is 3.73. The Morgan fingerprint density at radius 2 is 2.38 bits per heavy atom. The number of aryl methyl sites for hydroxylation is 1. The second-order valence-electron chi connectivity index (χ2n) is 3.42. The van der Waals surface area contributed by atoms with Gasteiger partial charge >= 0.3 is 0 Å². The van der Waals surface area contributed by atoms with Crippen molar-refractivity contribution < 1.29 is 0 Å².